The molecule has 2 heterocycles. The van der Waals surface area contributed by atoms with Gasteiger partial charge >= 0.3 is 0 Å². The normalized spacial score (nSPS) is 16.1. The molecule has 2 aromatic carbocycles. The molecule has 0 saturated heterocycles. The molecule has 3 N–H and O–H groups in total. The van der Waals surface area contributed by atoms with Gasteiger partial charge in [-0.1, -0.05) is 23.8 Å². The van der Waals surface area contributed by atoms with Crippen LogP contribution in [0.5, 0.6) is 5.75 Å². The van der Waals surface area contributed by atoms with Gasteiger partial charge in [0, 0.05) is 11.6 Å². The highest BCUT2D eigenvalue weighted by molar-refractivity contribution is 5.98. The van der Waals surface area contributed by atoms with Crippen LogP contribution in [0.4, 0.5) is 10.2 Å². The van der Waals surface area contributed by atoms with Gasteiger partial charge in [-0.2, -0.15) is 5.10 Å². The zero-order valence-corrected chi connectivity index (χ0v) is 15.9. The Hall–Kier alpha value is -3.48. The standard InChI is InChI=1S/C22H20FN5O/c1-12-5-6-17-13(7-12)3-2-4-18(17)28-22-19(21(24)25-11-26-22)20(27-28)14-8-15(23)10-16(29)9-14/h5-11,18,29H,2-4H2,1H3,(H2,24,25,26). The Morgan fingerprint density at radius 1 is 1.17 bits per heavy atom. The van der Waals surface area contributed by atoms with E-state index in [0.717, 1.165) is 25.3 Å². The van der Waals surface area contributed by atoms with Gasteiger partial charge < -0.3 is 10.8 Å². The van der Waals surface area contributed by atoms with Gasteiger partial charge in [-0.05, 0) is 49.4 Å². The predicted molar refractivity (Wildman–Crippen MR) is 109 cm³/mol. The molecule has 0 saturated carbocycles. The number of rotatable bonds is 2. The zero-order valence-electron chi connectivity index (χ0n) is 15.9. The molecule has 0 aliphatic heterocycles. The van der Waals surface area contributed by atoms with Gasteiger partial charge in [0.1, 0.15) is 29.4 Å². The van der Waals surface area contributed by atoms with E-state index in [9.17, 15) is 9.50 Å². The number of benzene rings is 2. The zero-order chi connectivity index (χ0) is 20.1. The van der Waals surface area contributed by atoms with Crippen molar-refractivity contribution in [2.75, 3.05) is 5.73 Å². The number of hydrogen-bond donors (Lipinski definition) is 2. The first kappa shape index (κ1) is 17.6. The van der Waals surface area contributed by atoms with Crippen LogP contribution in [-0.2, 0) is 6.42 Å². The molecule has 1 aliphatic carbocycles. The van der Waals surface area contributed by atoms with E-state index >= 15 is 0 Å². The topological polar surface area (TPSA) is 89.8 Å². The highest BCUT2D eigenvalue weighted by atomic mass is 19.1. The molecule has 146 valence electrons. The molecule has 2 aromatic heterocycles. The first-order valence-corrected chi connectivity index (χ1v) is 9.59. The Labute approximate surface area is 166 Å². The van der Waals surface area contributed by atoms with Crippen LogP contribution in [0.3, 0.4) is 0 Å². The third-order valence-corrected chi connectivity index (χ3v) is 5.55. The largest absolute Gasteiger partial charge is 0.508 e. The summed E-state index contributed by atoms with van der Waals surface area (Å²) in [6, 6.07) is 10.4. The second kappa shape index (κ2) is 6.55. The van der Waals surface area contributed by atoms with Crippen molar-refractivity contribution in [2.24, 2.45) is 0 Å². The van der Waals surface area contributed by atoms with Gasteiger partial charge in [-0.15, -0.1) is 0 Å². The molecule has 1 aliphatic rings. The summed E-state index contributed by atoms with van der Waals surface area (Å²) >= 11 is 0. The van der Waals surface area contributed by atoms with Crippen LogP contribution in [0.1, 0.15) is 35.6 Å². The van der Waals surface area contributed by atoms with Crippen molar-refractivity contribution in [3.8, 4) is 17.0 Å². The average molecular weight is 389 g/mol. The SMILES string of the molecule is Cc1ccc2c(c1)CCCC2n1nc(-c2cc(O)cc(F)c2)c2c(N)ncnc21. The van der Waals surface area contributed by atoms with Crippen molar-refractivity contribution in [3.05, 3.63) is 65.2 Å². The van der Waals surface area contributed by atoms with Gasteiger partial charge in [0.15, 0.2) is 5.65 Å². The Balaban J connectivity index is 1.76. The van der Waals surface area contributed by atoms with Gasteiger partial charge in [0.05, 0.1) is 11.4 Å². The van der Waals surface area contributed by atoms with Crippen LogP contribution < -0.4 is 5.73 Å². The van der Waals surface area contributed by atoms with Gasteiger partial charge in [0.25, 0.3) is 0 Å². The number of anilines is 1. The molecule has 6 nitrogen and oxygen atoms in total. The lowest BCUT2D eigenvalue weighted by Gasteiger charge is -2.26. The molecular weight excluding hydrogens is 369 g/mol. The number of aromatic hydroxyl groups is 1. The molecule has 29 heavy (non-hydrogen) atoms. The minimum Gasteiger partial charge on any atom is -0.508 e. The number of nitrogens with two attached hydrogens (primary N) is 1. The van der Waals surface area contributed by atoms with E-state index in [2.05, 4.69) is 35.1 Å². The molecule has 0 amide bonds. The average Bonchev–Trinajstić information content (AvgIpc) is 3.07. The quantitative estimate of drug-likeness (QED) is 0.537. The van der Waals surface area contributed by atoms with Gasteiger partial charge in [0.2, 0.25) is 0 Å². The number of phenols is 1. The third kappa shape index (κ3) is 2.90. The summed E-state index contributed by atoms with van der Waals surface area (Å²) in [6.45, 7) is 2.09. The second-order valence-corrected chi connectivity index (χ2v) is 7.56. The van der Waals surface area contributed by atoms with Crippen molar-refractivity contribution < 1.29 is 9.50 Å². The van der Waals surface area contributed by atoms with E-state index in [0.29, 0.717) is 22.3 Å². The number of halogens is 1. The fourth-order valence-corrected chi connectivity index (χ4v) is 4.30. The molecule has 1 unspecified atom stereocenters. The van der Waals surface area contributed by atoms with E-state index in [1.54, 1.807) is 0 Å². The van der Waals surface area contributed by atoms with Crippen molar-refractivity contribution in [2.45, 2.75) is 32.2 Å². The smallest absolute Gasteiger partial charge is 0.164 e. The molecule has 5 rings (SSSR count). The van der Waals surface area contributed by atoms with E-state index in [1.807, 2.05) is 4.68 Å². The highest BCUT2D eigenvalue weighted by Gasteiger charge is 2.27. The number of aryl methyl sites for hydroxylation is 2. The lowest BCUT2D eigenvalue weighted by atomic mass is 9.87. The summed E-state index contributed by atoms with van der Waals surface area (Å²) in [5.41, 5.74) is 11.4. The summed E-state index contributed by atoms with van der Waals surface area (Å²) < 4.78 is 15.8. The molecule has 7 heteroatoms. The first-order chi connectivity index (χ1) is 14.0. The summed E-state index contributed by atoms with van der Waals surface area (Å²) in [6.07, 6.45) is 4.42. The molecule has 0 bridgehead atoms. The maximum absolute atomic E-state index is 14.0. The summed E-state index contributed by atoms with van der Waals surface area (Å²) in [4.78, 5) is 8.56. The summed E-state index contributed by atoms with van der Waals surface area (Å²) in [5.74, 6) is -0.437. The fraction of sp³-hybridized carbons (Fsp3) is 0.227. The van der Waals surface area contributed by atoms with Crippen LogP contribution in [0.25, 0.3) is 22.3 Å². The van der Waals surface area contributed by atoms with Crippen molar-refractivity contribution in [3.63, 3.8) is 0 Å². The lowest BCUT2D eigenvalue weighted by Crippen LogP contribution is -2.19. The number of hydrogen-bond acceptors (Lipinski definition) is 5. The maximum Gasteiger partial charge on any atom is 0.164 e. The number of nitrogen functional groups attached to an aromatic ring is 1. The van der Waals surface area contributed by atoms with Crippen LogP contribution in [0.15, 0.2) is 42.7 Å². The third-order valence-electron chi connectivity index (χ3n) is 5.55. The number of aromatic nitrogens is 4. The highest BCUT2D eigenvalue weighted by Crippen LogP contribution is 2.38. The van der Waals surface area contributed by atoms with Gasteiger partial charge in [-0.3, -0.25) is 0 Å². The number of fused-ring (bicyclic) bond motifs is 2. The monoisotopic (exact) mass is 389 g/mol. The predicted octanol–water partition coefficient (Wildman–Crippen LogP) is 4.15. The van der Waals surface area contributed by atoms with Crippen LogP contribution >= 0.6 is 0 Å². The van der Waals surface area contributed by atoms with Crippen molar-refractivity contribution in [1.82, 2.24) is 19.7 Å². The van der Waals surface area contributed by atoms with Crippen molar-refractivity contribution >= 4 is 16.9 Å². The van der Waals surface area contributed by atoms with E-state index in [-0.39, 0.29) is 17.6 Å². The van der Waals surface area contributed by atoms with E-state index in [4.69, 9.17) is 10.8 Å². The molecule has 0 radical (unpaired) electrons. The Kier molecular flexibility index (Phi) is 3.97. The second-order valence-electron chi connectivity index (χ2n) is 7.56. The van der Waals surface area contributed by atoms with Crippen molar-refractivity contribution in [1.29, 1.82) is 0 Å². The Bertz CT molecular complexity index is 1230. The molecule has 0 fully saturated rings. The number of nitrogens with zero attached hydrogens (tertiary/aromatic N) is 4. The van der Waals surface area contributed by atoms with Crippen LogP contribution in [0.2, 0.25) is 0 Å². The van der Waals surface area contributed by atoms with E-state index < -0.39 is 5.82 Å². The molecule has 1 atom stereocenters. The van der Waals surface area contributed by atoms with Crippen LogP contribution in [0, 0.1) is 12.7 Å². The Morgan fingerprint density at radius 3 is 2.86 bits per heavy atom. The fourth-order valence-electron chi connectivity index (χ4n) is 4.30. The minimum atomic E-state index is -0.545. The first-order valence-electron chi connectivity index (χ1n) is 9.59. The molecular formula is C22H20FN5O. The summed E-state index contributed by atoms with van der Waals surface area (Å²) in [5, 5.41) is 15.2. The Morgan fingerprint density at radius 2 is 2.03 bits per heavy atom. The molecule has 0 spiro atoms. The minimum absolute atomic E-state index is 0.00653. The van der Waals surface area contributed by atoms with Crippen LogP contribution in [-0.4, -0.2) is 24.9 Å². The van der Waals surface area contributed by atoms with E-state index in [1.165, 1.54) is 35.2 Å². The van der Waals surface area contributed by atoms with Gasteiger partial charge in [-0.25, -0.2) is 19.0 Å². The number of phenolic OH excluding ortho intramolecular Hbond substituents is 1. The molecule has 4 aromatic rings. The lowest BCUT2D eigenvalue weighted by molar-refractivity contribution is 0.460. The maximum atomic E-state index is 14.0. The summed E-state index contributed by atoms with van der Waals surface area (Å²) in [7, 11) is 0.